The molecule has 1 aromatic carbocycles. The topological polar surface area (TPSA) is 107 Å². The van der Waals surface area contributed by atoms with Gasteiger partial charge in [-0.25, -0.2) is 0 Å². The van der Waals surface area contributed by atoms with E-state index in [9.17, 15) is 19.7 Å². The van der Waals surface area contributed by atoms with Crippen LogP contribution in [0.15, 0.2) is 18.2 Å². The zero-order chi connectivity index (χ0) is 15.1. The summed E-state index contributed by atoms with van der Waals surface area (Å²) >= 11 is 0. The number of rotatable bonds is 8. The number of aliphatic carboxylic acids is 1. The van der Waals surface area contributed by atoms with E-state index in [4.69, 9.17) is 9.84 Å². The summed E-state index contributed by atoms with van der Waals surface area (Å²) in [6.07, 6.45) is 1.22. The summed E-state index contributed by atoms with van der Waals surface area (Å²) in [5.41, 5.74) is -0.359. The number of aldehydes is 1. The molecule has 0 saturated heterocycles. The summed E-state index contributed by atoms with van der Waals surface area (Å²) in [5.74, 6) is -1.06. The van der Waals surface area contributed by atoms with Crippen molar-refractivity contribution in [2.45, 2.75) is 19.8 Å². The van der Waals surface area contributed by atoms with E-state index in [1.165, 1.54) is 18.2 Å². The predicted molar refractivity (Wildman–Crippen MR) is 70.0 cm³/mol. The van der Waals surface area contributed by atoms with Gasteiger partial charge in [-0.15, -0.1) is 0 Å². The zero-order valence-corrected chi connectivity index (χ0v) is 10.9. The van der Waals surface area contributed by atoms with Gasteiger partial charge in [-0.3, -0.25) is 19.7 Å². The second kappa shape index (κ2) is 7.22. The smallest absolute Gasteiger partial charge is 0.306 e. The summed E-state index contributed by atoms with van der Waals surface area (Å²) < 4.78 is 5.32. The molecule has 108 valence electrons. The molecule has 0 amide bonds. The third kappa shape index (κ3) is 4.04. The van der Waals surface area contributed by atoms with Crippen molar-refractivity contribution in [2.75, 3.05) is 6.61 Å². The Balaban J connectivity index is 2.67. The second-order valence-corrected chi connectivity index (χ2v) is 4.18. The van der Waals surface area contributed by atoms with Crippen LogP contribution in [0.25, 0.3) is 0 Å². The van der Waals surface area contributed by atoms with Crippen molar-refractivity contribution >= 4 is 17.9 Å². The van der Waals surface area contributed by atoms with Crippen LogP contribution in [0.4, 0.5) is 5.69 Å². The van der Waals surface area contributed by atoms with Crippen LogP contribution in [-0.2, 0) is 4.79 Å². The molecule has 0 aliphatic rings. The molecule has 7 heteroatoms. The van der Waals surface area contributed by atoms with Crippen LogP contribution in [0.1, 0.15) is 30.1 Å². The number of benzene rings is 1. The summed E-state index contributed by atoms with van der Waals surface area (Å²) in [6, 6.07) is 3.84. The molecule has 0 saturated carbocycles. The number of carbonyl (C=O) groups excluding carboxylic acids is 1. The third-order valence-corrected chi connectivity index (χ3v) is 2.90. The van der Waals surface area contributed by atoms with Crippen molar-refractivity contribution in [1.29, 1.82) is 0 Å². The van der Waals surface area contributed by atoms with Crippen molar-refractivity contribution in [3.05, 3.63) is 33.9 Å². The maximum Gasteiger partial charge on any atom is 0.306 e. The van der Waals surface area contributed by atoms with Crippen molar-refractivity contribution in [2.24, 2.45) is 5.92 Å². The Bertz CT molecular complexity index is 514. The number of hydrogen-bond donors (Lipinski definition) is 1. The Kier molecular flexibility index (Phi) is 5.64. The molecule has 0 fully saturated rings. The number of hydrogen-bond acceptors (Lipinski definition) is 5. The van der Waals surface area contributed by atoms with Gasteiger partial charge in [0.25, 0.3) is 5.69 Å². The van der Waals surface area contributed by atoms with E-state index in [0.717, 1.165) is 0 Å². The lowest BCUT2D eigenvalue weighted by Crippen LogP contribution is -2.16. The van der Waals surface area contributed by atoms with Gasteiger partial charge in [0, 0.05) is 6.07 Å². The number of carboxylic acid groups (broad SMARTS) is 1. The highest BCUT2D eigenvalue weighted by Gasteiger charge is 2.16. The zero-order valence-electron chi connectivity index (χ0n) is 10.9. The summed E-state index contributed by atoms with van der Waals surface area (Å²) in [7, 11) is 0. The fraction of sp³-hybridized carbons (Fsp3) is 0.385. The van der Waals surface area contributed by atoms with Crippen molar-refractivity contribution in [3.63, 3.8) is 0 Å². The van der Waals surface area contributed by atoms with Crippen LogP contribution in [0.3, 0.4) is 0 Å². The lowest BCUT2D eigenvalue weighted by molar-refractivity contribution is -0.385. The highest BCUT2D eigenvalue weighted by molar-refractivity contribution is 5.82. The Morgan fingerprint density at radius 1 is 1.55 bits per heavy atom. The summed E-state index contributed by atoms with van der Waals surface area (Å²) in [4.78, 5) is 31.6. The first-order valence-corrected chi connectivity index (χ1v) is 6.08. The molecule has 1 N–H and O–H groups in total. The van der Waals surface area contributed by atoms with Crippen LogP contribution in [-0.4, -0.2) is 28.9 Å². The molecule has 0 spiro atoms. The molecule has 0 heterocycles. The van der Waals surface area contributed by atoms with Gasteiger partial charge in [0.15, 0.2) is 6.29 Å². The number of nitro groups is 1. The molecule has 0 aliphatic heterocycles. The molecule has 20 heavy (non-hydrogen) atoms. The van der Waals surface area contributed by atoms with E-state index in [2.05, 4.69) is 0 Å². The maximum atomic E-state index is 10.8. The van der Waals surface area contributed by atoms with E-state index in [-0.39, 0.29) is 17.9 Å². The van der Waals surface area contributed by atoms with Crippen molar-refractivity contribution < 1.29 is 24.4 Å². The van der Waals surface area contributed by atoms with Gasteiger partial charge in [0.1, 0.15) is 5.75 Å². The third-order valence-electron chi connectivity index (χ3n) is 2.90. The minimum atomic E-state index is -0.881. The molecule has 1 atom stereocenters. The van der Waals surface area contributed by atoms with E-state index in [1.54, 1.807) is 6.92 Å². The number of nitro benzene ring substituents is 1. The van der Waals surface area contributed by atoms with Crippen LogP contribution < -0.4 is 4.74 Å². The molecular formula is C13H15NO6. The van der Waals surface area contributed by atoms with E-state index in [1.807, 2.05) is 0 Å². The fourth-order valence-corrected chi connectivity index (χ4v) is 1.70. The number of nitrogens with zero attached hydrogens (tertiary/aromatic N) is 1. The first kappa shape index (κ1) is 15.6. The fourth-order valence-electron chi connectivity index (χ4n) is 1.70. The normalized spacial score (nSPS) is 11.7. The van der Waals surface area contributed by atoms with Crippen molar-refractivity contribution in [1.82, 2.24) is 0 Å². The highest BCUT2D eigenvalue weighted by atomic mass is 16.6. The predicted octanol–water partition coefficient (Wildman–Crippen LogP) is 2.29. The molecule has 1 aromatic rings. The maximum absolute atomic E-state index is 10.8. The largest absolute Gasteiger partial charge is 0.494 e. The lowest BCUT2D eigenvalue weighted by Gasteiger charge is -2.11. The van der Waals surface area contributed by atoms with Crippen LogP contribution in [0.5, 0.6) is 5.75 Å². The monoisotopic (exact) mass is 281 g/mol. The molecule has 1 unspecified atom stereocenters. The molecular weight excluding hydrogens is 266 g/mol. The molecule has 0 bridgehead atoms. The number of carbonyl (C=O) groups is 2. The Morgan fingerprint density at radius 3 is 2.75 bits per heavy atom. The SMILES string of the molecule is CCC(CCOc1ccc([N+](=O)[O-])c(C=O)c1)C(=O)O. The van der Waals surface area contributed by atoms with E-state index >= 15 is 0 Å². The van der Waals surface area contributed by atoms with Gasteiger partial charge in [-0.1, -0.05) is 6.92 Å². The molecule has 7 nitrogen and oxygen atoms in total. The van der Waals surface area contributed by atoms with Gasteiger partial charge in [-0.2, -0.15) is 0 Å². The first-order valence-electron chi connectivity index (χ1n) is 6.08. The van der Waals surface area contributed by atoms with Gasteiger partial charge in [0.2, 0.25) is 0 Å². The van der Waals surface area contributed by atoms with Gasteiger partial charge in [0.05, 0.1) is 23.0 Å². The van der Waals surface area contributed by atoms with Gasteiger partial charge < -0.3 is 9.84 Å². The van der Waals surface area contributed by atoms with Crippen LogP contribution >= 0.6 is 0 Å². The highest BCUT2D eigenvalue weighted by Crippen LogP contribution is 2.23. The Hall–Kier alpha value is -2.44. The van der Waals surface area contributed by atoms with Crippen molar-refractivity contribution in [3.8, 4) is 5.75 Å². The van der Waals surface area contributed by atoms with E-state index < -0.39 is 16.8 Å². The van der Waals surface area contributed by atoms with Gasteiger partial charge in [-0.05, 0) is 25.0 Å². The van der Waals surface area contributed by atoms with Crippen LogP contribution in [0.2, 0.25) is 0 Å². The lowest BCUT2D eigenvalue weighted by atomic mass is 10.0. The Morgan fingerprint density at radius 2 is 2.25 bits per heavy atom. The molecule has 1 rings (SSSR count). The number of ether oxygens (including phenoxy) is 1. The minimum absolute atomic E-state index is 0.0715. The van der Waals surface area contributed by atoms with Gasteiger partial charge >= 0.3 is 5.97 Å². The first-order chi connectivity index (χ1) is 9.49. The minimum Gasteiger partial charge on any atom is -0.494 e. The average Bonchev–Trinajstić information content (AvgIpc) is 2.42. The standard InChI is InChI=1S/C13H15NO6/c1-2-9(13(16)17)5-6-20-11-3-4-12(14(18)19)10(7-11)8-15/h3-4,7-9H,2,5-6H2,1H3,(H,16,17). The molecule has 0 aromatic heterocycles. The summed E-state index contributed by atoms with van der Waals surface area (Å²) in [5, 5.41) is 19.5. The Labute approximate surface area is 115 Å². The summed E-state index contributed by atoms with van der Waals surface area (Å²) in [6.45, 7) is 1.94. The average molecular weight is 281 g/mol. The second-order valence-electron chi connectivity index (χ2n) is 4.18. The molecule has 0 aliphatic carbocycles. The molecule has 0 radical (unpaired) electrons. The van der Waals surface area contributed by atoms with E-state index in [0.29, 0.717) is 24.9 Å². The van der Waals surface area contributed by atoms with Crippen LogP contribution in [0, 0.1) is 16.0 Å². The number of carboxylic acids is 1. The quantitative estimate of drug-likeness (QED) is 0.445.